The van der Waals surface area contributed by atoms with Crippen LogP contribution in [0.1, 0.15) is 44.7 Å². The number of rotatable bonds is 5. The second-order valence-corrected chi connectivity index (χ2v) is 5.85. The zero-order chi connectivity index (χ0) is 19.3. The average Bonchev–Trinajstić information content (AvgIpc) is 2.57. The fourth-order valence-electron chi connectivity index (χ4n) is 2.32. The number of benzene rings is 1. The maximum absolute atomic E-state index is 11.1. The third kappa shape index (κ3) is 4.42. The van der Waals surface area contributed by atoms with Gasteiger partial charge in [-0.2, -0.15) is 4.98 Å². The van der Waals surface area contributed by atoms with Crippen molar-refractivity contribution in [1.82, 2.24) is 9.97 Å². The van der Waals surface area contributed by atoms with Gasteiger partial charge in [0.25, 0.3) is 0 Å². The summed E-state index contributed by atoms with van der Waals surface area (Å²) in [6.45, 7) is 7.22. The highest BCUT2D eigenvalue weighted by atomic mass is 16.5. The fourth-order valence-corrected chi connectivity index (χ4v) is 2.32. The van der Waals surface area contributed by atoms with E-state index in [1.54, 1.807) is 14.0 Å². The molecule has 0 saturated heterocycles. The Morgan fingerprint density at radius 2 is 2.00 bits per heavy atom. The van der Waals surface area contributed by atoms with Gasteiger partial charge >= 0.3 is 0 Å². The van der Waals surface area contributed by atoms with Crippen molar-refractivity contribution >= 4 is 17.7 Å². The lowest BCUT2D eigenvalue weighted by Gasteiger charge is -2.17. The molecule has 0 bridgehead atoms. The molecule has 0 spiro atoms. The van der Waals surface area contributed by atoms with Crippen LogP contribution in [0.4, 0.5) is 11.8 Å². The second kappa shape index (κ2) is 8.21. The van der Waals surface area contributed by atoms with Gasteiger partial charge in [-0.05, 0) is 18.9 Å². The van der Waals surface area contributed by atoms with Crippen LogP contribution in [0.2, 0.25) is 0 Å². The molecule has 136 valence electrons. The van der Waals surface area contributed by atoms with Crippen molar-refractivity contribution in [2.75, 3.05) is 18.2 Å². The highest BCUT2D eigenvalue weighted by molar-refractivity contribution is 5.86. The van der Waals surface area contributed by atoms with E-state index in [1.807, 2.05) is 26.0 Å². The van der Waals surface area contributed by atoms with Crippen molar-refractivity contribution in [2.45, 2.75) is 33.6 Å². The standard InChI is InChI=1S/C19H22N4O3/c1-6-7-13-8-16(14(11(2)3)9-15(13)25-5)26-17-10-21-19(22-12(4)24)23-18(17)20/h8-11H,1-5H3,(H3,20,21,22,23,24). The van der Waals surface area contributed by atoms with E-state index in [9.17, 15) is 4.79 Å². The lowest BCUT2D eigenvalue weighted by molar-refractivity contribution is -0.114. The van der Waals surface area contributed by atoms with Crippen LogP contribution < -0.4 is 20.5 Å². The van der Waals surface area contributed by atoms with Crippen LogP contribution in [-0.4, -0.2) is 23.0 Å². The Labute approximate surface area is 152 Å². The minimum Gasteiger partial charge on any atom is -0.495 e. The van der Waals surface area contributed by atoms with E-state index in [0.29, 0.717) is 22.8 Å². The minimum absolute atomic E-state index is 0.123. The Kier molecular flexibility index (Phi) is 6.02. The number of nitrogen functional groups attached to an aromatic ring is 1. The van der Waals surface area contributed by atoms with E-state index < -0.39 is 0 Å². The molecule has 7 nitrogen and oxygen atoms in total. The quantitative estimate of drug-likeness (QED) is 0.799. The first-order chi connectivity index (χ1) is 12.3. The van der Waals surface area contributed by atoms with Crippen LogP contribution in [0.5, 0.6) is 17.2 Å². The summed E-state index contributed by atoms with van der Waals surface area (Å²) in [4.78, 5) is 19.2. The van der Waals surface area contributed by atoms with Gasteiger partial charge in [-0.25, -0.2) is 4.98 Å². The lowest BCUT2D eigenvalue weighted by Crippen LogP contribution is -2.10. The van der Waals surface area contributed by atoms with E-state index in [-0.39, 0.29) is 23.6 Å². The summed E-state index contributed by atoms with van der Waals surface area (Å²) >= 11 is 0. The highest BCUT2D eigenvalue weighted by Gasteiger charge is 2.16. The molecule has 1 heterocycles. The number of carbonyl (C=O) groups is 1. The maximum Gasteiger partial charge on any atom is 0.231 e. The number of aromatic nitrogens is 2. The number of amides is 1. The molecule has 0 saturated carbocycles. The van der Waals surface area contributed by atoms with Crippen molar-refractivity contribution in [2.24, 2.45) is 0 Å². The van der Waals surface area contributed by atoms with Crippen LogP contribution in [0.3, 0.4) is 0 Å². The zero-order valence-corrected chi connectivity index (χ0v) is 15.5. The molecule has 3 N–H and O–H groups in total. The topological polar surface area (TPSA) is 99.4 Å². The van der Waals surface area contributed by atoms with E-state index in [2.05, 4.69) is 27.1 Å². The maximum atomic E-state index is 11.1. The SMILES string of the molecule is CC#Cc1cc(Oc2cnc(NC(C)=O)nc2N)c(C(C)C)cc1OC. The van der Waals surface area contributed by atoms with Crippen molar-refractivity contribution < 1.29 is 14.3 Å². The Hall–Kier alpha value is -3.27. The molecule has 0 aliphatic heterocycles. The smallest absolute Gasteiger partial charge is 0.231 e. The third-order valence-electron chi connectivity index (χ3n) is 3.50. The van der Waals surface area contributed by atoms with E-state index in [0.717, 1.165) is 5.56 Å². The monoisotopic (exact) mass is 354 g/mol. The third-order valence-corrected chi connectivity index (χ3v) is 3.50. The first-order valence-corrected chi connectivity index (χ1v) is 8.08. The van der Waals surface area contributed by atoms with Gasteiger partial charge in [-0.1, -0.05) is 19.8 Å². The van der Waals surface area contributed by atoms with Crippen molar-refractivity contribution in [3.8, 4) is 29.1 Å². The number of nitrogens with zero attached hydrogens (tertiary/aromatic N) is 2. The molecule has 0 fully saturated rings. The van der Waals surface area contributed by atoms with E-state index in [4.69, 9.17) is 15.2 Å². The molecule has 7 heteroatoms. The number of hydrogen-bond donors (Lipinski definition) is 2. The normalized spacial score (nSPS) is 10.1. The second-order valence-electron chi connectivity index (χ2n) is 5.85. The molecule has 26 heavy (non-hydrogen) atoms. The molecule has 0 aliphatic carbocycles. The molecule has 0 atom stereocenters. The van der Waals surface area contributed by atoms with Crippen molar-refractivity contribution in [1.29, 1.82) is 0 Å². The zero-order valence-electron chi connectivity index (χ0n) is 15.5. The Morgan fingerprint density at radius 1 is 1.27 bits per heavy atom. The number of ether oxygens (including phenoxy) is 2. The first-order valence-electron chi connectivity index (χ1n) is 8.08. The van der Waals surface area contributed by atoms with Crippen LogP contribution >= 0.6 is 0 Å². The van der Waals surface area contributed by atoms with Gasteiger partial charge in [-0.15, -0.1) is 5.92 Å². The molecule has 0 aliphatic rings. The summed E-state index contributed by atoms with van der Waals surface area (Å²) in [7, 11) is 1.60. The number of anilines is 2. The molecular weight excluding hydrogens is 332 g/mol. The Balaban J connectivity index is 2.45. The predicted octanol–water partition coefficient (Wildman–Crippen LogP) is 3.31. The first kappa shape index (κ1) is 19.1. The molecule has 0 unspecified atom stereocenters. The van der Waals surface area contributed by atoms with Gasteiger partial charge in [0.2, 0.25) is 11.9 Å². The number of nitrogens with two attached hydrogens (primary N) is 1. The summed E-state index contributed by atoms with van der Waals surface area (Å²) < 4.78 is 11.4. The summed E-state index contributed by atoms with van der Waals surface area (Å²) in [5.41, 5.74) is 7.59. The Bertz CT molecular complexity index is 882. The van der Waals surface area contributed by atoms with Crippen LogP contribution in [0.25, 0.3) is 0 Å². The molecule has 1 aromatic heterocycles. The largest absolute Gasteiger partial charge is 0.495 e. The summed E-state index contributed by atoms with van der Waals surface area (Å²) in [5, 5.41) is 2.48. The van der Waals surface area contributed by atoms with E-state index in [1.165, 1.54) is 13.1 Å². The molecule has 2 aromatic rings. The van der Waals surface area contributed by atoms with Gasteiger partial charge < -0.3 is 15.2 Å². The van der Waals surface area contributed by atoms with Crippen LogP contribution in [-0.2, 0) is 4.79 Å². The molecule has 1 amide bonds. The molecule has 0 radical (unpaired) electrons. The number of carbonyl (C=O) groups excluding carboxylic acids is 1. The minimum atomic E-state index is -0.280. The van der Waals surface area contributed by atoms with Gasteiger partial charge in [0.1, 0.15) is 11.5 Å². The van der Waals surface area contributed by atoms with Crippen molar-refractivity contribution in [3.05, 3.63) is 29.5 Å². The van der Waals surface area contributed by atoms with Crippen LogP contribution in [0.15, 0.2) is 18.3 Å². The fraction of sp³-hybridized carbons (Fsp3) is 0.316. The predicted molar refractivity (Wildman–Crippen MR) is 100 cm³/mol. The number of methoxy groups -OCH3 is 1. The van der Waals surface area contributed by atoms with Gasteiger partial charge in [0, 0.05) is 18.6 Å². The number of nitrogens with one attached hydrogen (secondary N) is 1. The number of hydrogen-bond acceptors (Lipinski definition) is 6. The Morgan fingerprint density at radius 3 is 2.54 bits per heavy atom. The van der Waals surface area contributed by atoms with Crippen LogP contribution in [0, 0.1) is 11.8 Å². The van der Waals surface area contributed by atoms with Crippen molar-refractivity contribution in [3.63, 3.8) is 0 Å². The summed E-state index contributed by atoms with van der Waals surface area (Å²) in [5.74, 6) is 7.58. The lowest BCUT2D eigenvalue weighted by atomic mass is 9.99. The average molecular weight is 354 g/mol. The highest BCUT2D eigenvalue weighted by Crippen LogP contribution is 2.37. The summed E-state index contributed by atoms with van der Waals surface area (Å²) in [6.07, 6.45) is 1.42. The molecule has 2 rings (SSSR count). The van der Waals surface area contributed by atoms with Gasteiger partial charge in [0.05, 0.1) is 18.9 Å². The van der Waals surface area contributed by atoms with E-state index >= 15 is 0 Å². The summed E-state index contributed by atoms with van der Waals surface area (Å²) in [6, 6.07) is 3.72. The van der Waals surface area contributed by atoms with Gasteiger partial charge in [0.15, 0.2) is 11.6 Å². The molecule has 1 aromatic carbocycles. The molecular formula is C19H22N4O3. The van der Waals surface area contributed by atoms with Gasteiger partial charge in [-0.3, -0.25) is 10.1 Å².